The maximum atomic E-state index is 12.6. The van der Waals surface area contributed by atoms with Gasteiger partial charge in [-0.2, -0.15) is 18.3 Å². The molecule has 0 radical (unpaired) electrons. The molecule has 2 aromatic heterocycles. The van der Waals surface area contributed by atoms with Gasteiger partial charge in [-0.1, -0.05) is 13.3 Å². The van der Waals surface area contributed by atoms with Gasteiger partial charge in [-0.05, 0) is 12.3 Å². The lowest BCUT2D eigenvalue weighted by atomic mass is 10.3. The molecule has 0 aromatic carbocycles. The number of anilines is 1. The monoisotopic (exact) mass is 270 g/mol. The Morgan fingerprint density at radius 3 is 2.89 bits per heavy atom. The fourth-order valence-electron chi connectivity index (χ4n) is 2.22. The second-order valence-corrected chi connectivity index (χ2v) is 4.79. The van der Waals surface area contributed by atoms with Crippen molar-refractivity contribution in [3.63, 3.8) is 0 Å². The molecule has 3 rings (SSSR count). The van der Waals surface area contributed by atoms with Crippen LogP contribution in [0.5, 0.6) is 0 Å². The largest absolute Gasteiger partial charge is 0.435 e. The van der Waals surface area contributed by atoms with Gasteiger partial charge in [-0.15, -0.1) is 0 Å². The van der Waals surface area contributed by atoms with E-state index in [2.05, 4.69) is 22.3 Å². The van der Waals surface area contributed by atoms with Gasteiger partial charge in [0.25, 0.3) is 0 Å². The van der Waals surface area contributed by atoms with E-state index in [9.17, 15) is 13.2 Å². The van der Waals surface area contributed by atoms with Gasteiger partial charge in [0, 0.05) is 24.5 Å². The van der Waals surface area contributed by atoms with Crippen molar-refractivity contribution in [3.05, 3.63) is 24.2 Å². The Morgan fingerprint density at radius 1 is 1.47 bits per heavy atom. The smallest absolute Gasteiger partial charge is 0.365 e. The van der Waals surface area contributed by atoms with Crippen LogP contribution in [0, 0.1) is 5.92 Å². The van der Waals surface area contributed by atoms with Crippen LogP contribution in [-0.2, 0) is 6.18 Å². The van der Waals surface area contributed by atoms with E-state index in [-0.39, 0.29) is 0 Å². The zero-order chi connectivity index (χ0) is 13.6. The average Bonchev–Trinajstić information content (AvgIpc) is 2.93. The Hall–Kier alpha value is -1.79. The fraction of sp³-hybridized carbons (Fsp3) is 0.500. The zero-order valence-electron chi connectivity index (χ0n) is 10.3. The molecule has 2 aromatic rings. The molecule has 0 amide bonds. The lowest BCUT2D eigenvalue weighted by Crippen LogP contribution is -2.07. The number of halogens is 3. The van der Waals surface area contributed by atoms with Gasteiger partial charge in [-0.3, -0.25) is 0 Å². The Morgan fingerprint density at radius 2 is 2.26 bits per heavy atom. The van der Waals surface area contributed by atoms with Crippen molar-refractivity contribution in [1.82, 2.24) is 14.6 Å². The molecule has 1 aliphatic rings. The van der Waals surface area contributed by atoms with Gasteiger partial charge < -0.3 is 5.32 Å². The van der Waals surface area contributed by atoms with Crippen molar-refractivity contribution < 1.29 is 13.2 Å². The minimum absolute atomic E-state index is 0.313. The quantitative estimate of drug-likeness (QED) is 0.932. The van der Waals surface area contributed by atoms with Gasteiger partial charge >= 0.3 is 6.18 Å². The highest BCUT2D eigenvalue weighted by Crippen LogP contribution is 2.37. The third-order valence-corrected chi connectivity index (χ3v) is 3.45. The number of nitrogens with zero attached hydrogens (tertiary/aromatic N) is 3. The van der Waals surface area contributed by atoms with E-state index in [1.54, 1.807) is 0 Å². The van der Waals surface area contributed by atoms with Crippen molar-refractivity contribution in [2.45, 2.75) is 32.0 Å². The standard InChI is InChI=1S/C12H13F3N4/c1-2-7-5-8(7)17-11-9-6-10(12(13,14)15)18-19(9)4-3-16-11/h3-4,6-8H,2,5H2,1H3,(H,16,17). The van der Waals surface area contributed by atoms with Gasteiger partial charge in [0.1, 0.15) is 5.52 Å². The Bertz CT molecular complexity index is 605. The summed E-state index contributed by atoms with van der Waals surface area (Å²) in [5.41, 5.74) is -0.539. The topological polar surface area (TPSA) is 42.2 Å². The maximum Gasteiger partial charge on any atom is 0.435 e. The van der Waals surface area contributed by atoms with E-state index in [1.165, 1.54) is 16.9 Å². The van der Waals surface area contributed by atoms with Crippen LogP contribution >= 0.6 is 0 Å². The molecule has 19 heavy (non-hydrogen) atoms. The first-order chi connectivity index (χ1) is 8.99. The molecule has 0 aliphatic heterocycles. The summed E-state index contributed by atoms with van der Waals surface area (Å²) in [7, 11) is 0. The van der Waals surface area contributed by atoms with Gasteiger partial charge in [0.15, 0.2) is 11.5 Å². The summed E-state index contributed by atoms with van der Waals surface area (Å²) in [5.74, 6) is 1.05. The molecule has 1 aliphatic carbocycles. The normalized spacial score (nSPS) is 22.7. The molecular formula is C12H13F3N4. The Kier molecular flexibility index (Phi) is 2.65. The highest BCUT2D eigenvalue weighted by Gasteiger charge is 2.37. The molecule has 1 N–H and O–H groups in total. The van der Waals surface area contributed by atoms with Crippen LogP contribution in [0.15, 0.2) is 18.5 Å². The van der Waals surface area contributed by atoms with E-state index < -0.39 is 11.9 Å². The number of hydrogen-bond donors (Lipinski definition) is 1. The second-order valence-electron chi connectivity index (χ2n) is 4.79. The summed E-state index contributed by atoms with van der Waals surface area (Å²) in [6.07, 6.45) is 0.536. The van der Waals surface area contributed by atoms with Crippen LogP contribution in [-0.4, -0.2) is 20.6 Å². The summed E-state index contributed by atoms with van der Waals surface area (Å²) in [4.78, 5) is 4.11. The third-order valence-electron chi connectivity index (χ3n) is 3.45. The first-order valence-corrected chi connectivity index (χ1v) is 6.17. The first kappa shape index (κ1) is 12.3. The predicted molar refractivity (Wildman–Crippen MR) is 63.8 cm³/mol. The van der Waals surface area contributed by atoms with E-state index in [4.69, 9.17) is 0 Å². The van der Waals surface area contributed by atoms with Crippen molar-refractivity contribution in [2.24, 2.45) is 5.92 Å². The van der Waals surface area contributed by atoms with E-state index in [0.29, 0.717) is 23.3 Å². The summed E-state index contributed by atoms with van der Waals surface area (Å²) < 4.78 is 39.1. The van der Waals surface area contributed by atoms with Crippen LogP contribution in [0.25, 0.3) is 5.52 Å². The van der Waals surface area contributed by atoms with Crippen molar-refractivity contribution in [1.29, 1.82) is 0 Å². The maximum absolute atomic E-state index is 12.6. The van der Waals surface area contributed by atoms with Crippen molar-refractivity contribution >= 4 is 11.3 Å². The van der Waals surface area contributed by atoms with Gasteiger partial charge in [0.05, 0.1) is 0 Å². The molecule has 2 unspecified atom stereocenters. The molecule has 0 saturated heterocycles. The zero-order valence-corrected chi connectivity index (χ0v) is 10.3. The third kappa shape index (κ3) is 2.24. The summed E-state index contributed by atoms with van der Waals surface area (Å²) in [6, 6.07) is 1.34. The van der Waals surface area contributed by atoms with Crippen molar-refractivity contribution in [2.75, 3.05) is 5.32 Å². The van der Waals surface area contributed by atoms with Crippen LogP contribution in [0.4, 0.5) is 19.0 Å². The lowest BCUT2D eigenvalue weighted by molar-refractivity contribution is -0.141. The van der Waals surface area contributed by atoms with Gasteiger partial charge in [0.2, 0.25) is 0 Å². The molecule has 2 atom stereocenters. The number of rotatable bonds is 3. The number of hydrogen-bond acceptors (Lipinski definition) is 3. The second kappa shape index (κ2) is 4.11. The Balaban J connectivity index is 1.94. The number of fused-ring (bicyclic) bond motifs is 1. The summed E-state index contributed by atoms with van der Waals surface area (Å²) in [6.45, 7) is 2.10. The van der Waals surface area contributed by atoms with E-state index in [1.807, 2.05) is 0 Å². The van der Waals surface area contributed by atoms with Gasteiger partial charge in [-0.25, -0.2) is 9.50 Å². The van der Waals surface area contributed by atoms with Crippen LogP contribution in [0.3, 0.4) is 0 Å². The highest BCUT2D eigenvalue weighted by molar-refractivity contribution is 5.68. The molecule has 4 nitrogen and oxygen atoms in total. The molecule has 1 fully saturated rings. The molecule has 0 bridgehead atoms. The van der Waals surface area contributed by atoms with E-state index in [0.717, 1.165) is 18.9 Å². The first-order valence-electron chi connectivity index (χ1n) is 6.17. The molecule has 2 heterocycles. The average molecular weight is 270 g/mol. The number of nitrogens with one attached hydrogen (secondary N) is 1. The Labute approximate surface area is 107 Å². The molecule has 7 heteroatoms. The fourth-order valence-corrected chi connectivity index (χ4v) is 2.22. The predicted octanol–water partition coefficient (Wildman–Crippen LogP) is 2.96. The molecule has 0 spiro atoms. The number of aromatic nitrogens is 3. The molecule has 1 saturated carbocycles. The lowest BCUT2D eigenvalue weighted by Gasteiger charge is -2.05. The minimum Gasteiger partial charge on any atom is -0.365 e. The van der Waals surface area contributed by atoms with Crippen LogP contribution in [0.1, 0.15) is 25.5 Å². The molecule has 102 valence electrons. The minimum atomic E-state index is -4.44. The van der Waals surface area contributed by atoms with Crippen LogP contribution in [0.2, 0.25) is 0 Å². The van der Waals surface area contributed by atoms with Crippen molar-refractivity contribution in [3.8, 4) is 0 Å². The highest BCUT2D eigenvalue weighted by atomic mass is 19.4. The summed E-state index contributed by atoms with van der Waals surface area (Å²) >= 11 is 0. The van der Waals surface area contributed by atoms with E-state index >= 15 is 0 Å². The number of alkyl halides is 3. The van der Waals surface area contributed by atoms with Crippen LogP contribution < -0.4 is 5.32 Å². The summed E-state index contributed by atoms with van der Waals surface area (Å²) in [5, 5.41) is 6.71. The molecular weight excluding hydrogens is 257 g/mol. The SMILES string of the molecule is CCC1CC1Nc1nccn2nc(C(F)(F)F)cc12.